The number of ketones is 1. The molecule has 1 saturated carbocycles. The van der Waals surface area contributed by atoms with Crippen molar-refractivity contribution in [2.24, 2.45) is 5.92 Å². The number of carbonyl (C=O) groups is 2. The summed E-state index contributed by atoms with van der Waals surface area (Å²) in [5.41, 5.74) is 1.34. The monoisotopic (exact) mass is 288 g/mol. The molecule has 1 aromatic rings. The number of amides is 1. The molecule has 1 aromatic carbocycles. The number of rotatable bonds is 5. The fourth-order valence-electron chi connectivity index (χ4n) is 2.91. The van der Waals surface area contributed by atoms with Crippen LogP contribution < -0.4 is 10.6 Å². The highest BCUT2D eigenvalue weighted by Crippen LogP contribution is 2.23. The van der Waals surface area contributed by atoms with Crippen molar-refractivity contribution in [3.8, 4) is 0 Å². The second-order valence-corrected chi connectivity index (χ2v) is 5.89. The smallest absolute Gasteiger partial charge is 0.239 e. The summed E-state index contributed by atoms with van der Waals surface area (Å²) in [6.07, 6.45) is 4.70. The van der Waals surface area contributed by atoms with Gasteiger partial charge in [0.05, 0.1) is 6.54 Å². The number of anilines is 1. The fourth-order valence-corrected chi connectivity index (χ4v) is 2.91. The Kier molecular flexibility index (Phi) is 5.37. The molecule has 2 atom stereocenters. The fraction of sp³-hybridized carbons (Fsp3) is 0.529. The zero-order valence-electron chi connectivity index (χ0n) is 12.8. The van der Waals surface area contributed by atoms with Crippen LogP contribution in [0.2, 0.25) is 0 Å². The summed E-state index contributed by atoms with van der Waals surface area (Å²) in [6, 6.07) is 7.57. The molecule has 0 saturated heterocycles. The highest BCUT2D eigenvalue weighted by atomic mass is 16.2. The molecule has 2 rings (SSSR count). The van der Waals surface area contributed by atoms with Crippen molar-refractivity contribution in [3.63, 3.8) is 0 Å². The van der Waals surface area contributed by atoms with Gasteiger partial charge in [-0.15, -0.1) is 0 Å². The SMILES string of the molecule is CC(=O)c1ccccc1NCC(=O)N[C@@H]1CCCC[C@@H]1C. The van der Waals surface area contributed by atoms with Gasteiger partial charge in [0.15, 0.2) is 5.78 Å². The van der Waals surface area contributed by atoms with Crippen molar-refractivity contribution >= 4 is 17.4 Å². The summed E-state index contributed by atoms with van der Waals surface area (Å²) in [7, 11) is 0. The molecule has 1 amide bonds. The van der Waals surface area contributed by atoms with Crippen LogP contribution in [-0.2, 0) is 4.79 Å². The first-order valence-corrected chi connectivity index (χ1v) is 7.71. The van der Waals surface area contributed by atoms with E-state index in [2.05, 4.69) is 17.6 Å². The molecule has 21 heavy (non-hydrogen) atoms. The number of Topliss-reactive ketones (excluding diaryl/α,β-unsaturated/α-hetero) is 1. The summed E-state index contributed by atoms with van der Waals surface area (Å²) in [5.74, 6) is 0.540. The summed E-state index contributed by atoms with van der Waals surface area (Å²) in [5, 5.41) is 6.17. The van der Waals surface area contributed by atoms with Gasteiger partial charge >= 0.3 is 0 Å². The Hall–Kier alpha value is -1.84. The van der Waals surface area contributed by atoms with E-state index in [0.717, 1.165) is 12.1 Å². The Bertz CT molecular complexity index is 513. The molecule has 0 aromatic heterocycles. The van der Waals surface area contributed by atoms with Gasteiger partial charge in [-0.25, -0.2) is 0 Å². The second-order valence-electron chi connectivity index (χ2n) is 5.89. The third-order valence-electron chi connectivity index (χ3n) is 4.20. The van der Waals surface area contributed by atoms with Gasteiger partial charge in [0.2, 0.25) is 5.91 Å². The van der Waals surface area contributed by atoms with Crippen LogP contribution in [0.1, 0.15) is 49.9 Å². The predicted molar refractivity (Wildman–Crippen MR) is 84.5 cm³/mol. The van der Waals surface area contributed by atoms with Crippen molar-refractivity contribution in [1.29, 1.82) is 0 Å². The van der Waals surface area contributed by atoms with Crippen molar-refractivity contribution in [2.45, 2.75) is 45.6 Å². The lowest BCUT2D eigenvalue weighted by atomic mass is 9.86. The number of nitrogens with one attached hydrogen (secondary N) is 2. The molecule has 1 aliphatic rings. The largest absolute Gasteiger partial charge is 0.376 e. The normalized spacial score (nSPS) is 21.6. The molecular formula is C17H24N2O2. The molecule has 0 aliphatic heterocycles. The number of benzene rings is 1. The maximum absolute atomic E-state index is 12.1. The number of carbonyl (C=O) groups excluding carboxylic acids is 2. The van der Waals surface area contributed by atoms with Crippen LogP contribution in [0.3, 0.4) is 0 Å². The minimum absolute atomic E-state index is 0.000545. The van der Waals surface area contributed by atoms with E-state index in [4.69, 9.17) is 0 Å². The van der Waals surface area contributed by atoms with Crippen molar-refractivity contribution in [3.05, 3.63) is 29.8 Å². The van der Waals surface area contributed by atoms with Gasteiger partial charge in [0.25, 0.3) is 0 Å². The molecule has 0 spiro atoms. The van der Waals surface area contributed by atoms with E-state index in [9.17, 15) is 9.59 Å². The first-order valence-electron chi connectivity index (χ1n) is 7.71. The average molecular weight is 288 g/mol. The lowest BCUT2D eigenvalue weighted by molar-refractivity contribution is -0.120. The van der Waals surface area contributed by atoms with Gasteiger partial charge in [-0.05, 0) is 37.8 Å². The number of hydrogen-bond acceptors (Lipinski definition) is 3. The topological polar surface area (TPSA) is 58.2 Å². The van der Waals surface area contributed by atoms with Crippen molar-refractivity contribution in [1.82, 2.24) is 5.32 Å². The van der Waals surface area contributed by atoms with Crippen LogP contribution >= 0.6 is 0 Å². The Morgan fingerprint density at radius 1 is 1.19 bits per heavy atom. The van der Waals surface area contributed by atoms with Gasteiger partial charge in [0, 0.05) is 17.3 Å². The van der Waals surface area contributed by atoms with Crippen molar-refractivity contribution < 1.29 is 9.59 Å². The quantitative estimate of drug-likeness (QED) is 0.819. The summed E-state index contributed by atoms with van der Waals surface area (Å²) in [4.78, 5) is 23.6. The van der Waals surface area contributed by atoms with Gasteiger partial charge in [0.1, 0.15) is 0 Å². The van der Waals surface area contributed by atoms with Gasteiger partial charge in [-0.2, -0.15) is 0 Å². The molecule has 2 N–H and O–H groups in total. The van der Waals surface area contributed by atoms with E-state index in [-0.39, 0.29) is 24.3 Å². The van der Waals surface area contributed by atoms with Crippen LogP contribution in [-0.4, -0.2) is 24.3 Å². The van der Waals surface area contributed by atoms with Crippen LogP contribution in [0.25, 0.3) is 0 Å². The van der Waals surface area contributed by atoms with Crippen LogP contribution in [0, 0.1) is 5.92 Å². The minimum atomic E-state index is -0.00731. The second kappa shape index (κ2) is 7.25. The molecule has 0 radical (unpaired) electrons. The molecule has 0 heterocycles. The summed E-state index contributed by atoms with van der Waals surface area (Å²) < 4.78 is 0. The van der Waals surface area contributed by atoms with E-state index in [1.807, 2.05) is 18.2 Å². The molecule has 4 nitrogen and oxygen atoms in total. The molecule has 4 heteroatoms. The first kappa shape index (κ1) is 15.5. The van der Waals surface area contributed by atoms with Crippen LogP contribution in [0.4, 0.5) is 5.69 Å². The van der Waals surface area contributed by atoms with Crippen LogP contribution in [0.15, 0.2) is 24.3 Å². The van der Waals surface area contributed by atoms with Crippen LogP contribution in [0.5, 0.6) is 0 Å². The Morgan fingerprint density at radius 3 is 2.62 bits per heavy atom. The Balaban J connectivity index is 1.88. The van der Waals surface area contributed by atoms with E-state index < -0.39 is 0 Å². The predicted octanol–water partition coefficient (Wildman–Crippen LogP) is 3.00. The standard InChI is InChI=1S/C17H24N2O2/c1-12-7-3-5-9-15(12)19-17(21)11-18-16-10-6-4-8-14(16)13(2)20/h4,6,8,10,12,15,18H,3,5,7,9,11H2,1-2H3,(H,19,21)/t12-,15+/m0/s1. The maximum atomic E-state index is 12.1. The molecule has 1 aliphatic carbocycles. The zero-order valence-corrected chi connectivity index (χ0v) is 12.8. The summed E-state index contributed by atoms with van der Waals surface area (Å²) >= 11 is 0. The van der Waals surface area contributed by atoms with E-state index in [1.54, 1.807) is 6.07 Å². The molecule has 1 fully saturated rings. The number of para-hydroxylation sites is 1. The van der Waals surface area contributed by atoms with Gasteiger partial charge in [-0.1, -0.05) is 31.9 Å². The van der Waals surface area contributed by atoms with Gasteiger partial charge < -0.3 is 10.6 Å². The third-order valence-corrected chi connectivity index (χ3v) is 4.20. The first-order chi connectivity index (χ1) is 10.1. The Labute approximate surface area is 126 Å². The highest BCUT2D eigenvalue weighted by molar-refractivity contribution is 6.00. The lowest BCUT2D eigenvalue weighted by Crippen LogP contribution is -2.43. The maximum Gasteiger partial charge on any atom is 0.239 e. The zero-order chi connectivity index (χ0) is 15.2. The lowest BCUT2D eigenvalue weighted by Gasteiger charge is -2.29. The third kappa shape index (κ3) is 4.31. The average Bonchev–Trinajstić information content (AvgIpc) is 2.48. The molecule has 0 unspecified atom stereocenters. The molecular weight excluding hydrogens is 264 g/mol. The Morgan fingerprint density at radius 2 is 1.90 bits per heavy atom. The summed E-state index contributed by atoms with van der Waals surface area (Å²) in [6.45, 7) is 3.93. The highest BCUT2D eigenvalue weighted by Gasteiger charge is 2.22. The number of hydrogen-bond donors (Lipinski definition) is 2. The molecule has 114 valence electrons. The van der Waals surface area contributed by atoms with E-state index in [0.29, 0.717) is 11.5 Å². The van der Waals surface area contributed by atoms with Gasteiger partial charge in [-0.3, -0.25) is 9.59 Å². The van der Waals surface area contributed by atoms with Crippen molar-refractivity contribution in [2.75, 3.05) is 11.9 Å². The van der Waals surface area contributed by atoms with E-state index in [1.165, 1.54) is 26.2 Å². The molecule has 0 bridgehead atoms. The van der Waals surface area contributed by atoms with E-state index >= 15 is 0 Å². The minimum Gasteiger partial charge on any atom is -0.376 e.